The fourth-order valence-corrected chi connectivity index (χ4v) is 2.59. The molecule has 112 valence electrons. The van der Waals surface area contributed by atoms with Crippen LogP contribution in [0.2, 0.25) is 0 Å². The van der Waals surface area contributed by atoms with E-state index in [1.807, 2.05) is 0 Å². The van der Waals surface area contributed by atoms with E-state index in [0.29, 0.717) is 23.8 Å². The minimum absolute atomic E-state index is 0.302. The molecule has 1 fully saturated rings. The van der Waals surface area contributed by atoms with Crippen LogP contribution in [0.25, 0.3) is 0 Å². The Kier molecular flexibility index (Phi) is 5.34. The first kappa shape index (κ1) is 15.2. The summed E-state index contributed by atoms with van der Waals surface area (Å²) in [6.07, 6.45) is 1.74. The molecule has 0 radical (unpaired) electrons. The molecule has 1 heterocycles. The maximum Gasteiger partial charge on any atom is 0.131 e. The summed E-state index contributed by atoms with van der Waals surface area (Å²) in [5.41, 5.74) is 6.61. The molecule has 1 aliphatic rings. The Labute approximate surface area is 119 Å². The van der Waals surface area contributed by atoms with Crippen molar-refractivity contribution in [2.75, 3.05) is 33.9 Å². The SMILES string of the molecule is COc1cccc(F)c1C(N)CCN(C)C1CCOC1. The Hall–Kier alpha value is -1.17. The fourth-order valence-electron chi connectivity index (χ4n) is 2.59. The molecule has 2 atom stereocenters. The number of ether oxygens (including phenoxy) is 2. The van der Waals surface area contributed by atoms with Gasteiger partial charge in [-0.25, -0.2) is 4.39 Å². The van der Waals surface area contributed by atoms with Gasteiger partial charge in [-0.2, -0.15) is 0 Å². The van der Waals surface area contributed by atoms with Crippen LogP contribution in [0.15, 0.2) is 18.2 Å². The third-order valence-corrected chi connectivity index (χ3v) is 3.93. The molecule has 5 heteroatoms. The predicted octanol–water partition coefficient (Wildman–Crippen LogP) is 1.94. The number of halogens is 1. The van der Waals surface area contributed by atoms with Crippen molar-refractivity contribution in [3.63, 3.8) is 0 Å². The largest absolute Gasteiger partial charge is 0.496 e. The minimum atomic E-state index is -0.365. The predicted molar refractivity (Wildman–Crippen MR) is 76.4 cm³/mol. The van der Waals surface area contributed by atoms with Crippen molar-refractivity contribution in [1.82, 2.24) is 4.90 Å². The topological polar surface area (TPSA) is 47.7 Å². The van der Waals surface area contributed by atoms with Crippen molar-refractivity contribution >= 4 is 0 Å². The van der Waals surface area contributed by atoms with E-state index < -0.39 is 0 Å². The van der Waals surface area contributed by atoms with Crippen molar-refractivity contribution < 1.29 is 13.9 Å². The number of methoxy groups -OCH3 is 1. The Bertz CT molecular complexity index is 436. The van der Waals surface area contributed by atoms with Gasteiger partial charge < -0.3 is 20.1 Å². The molecule has 4 nitrogen and oxygen atoms in total. The summed E-state index contributed by atoms with van der Waals surface area (Å²) in [6.45, 7) is 2.41. The number of nitrogens with two attached hydrogens (primary N) is 1. The van der Waals surface area contributed by atoms with E-state index in [9.17, 15) is 4.39 Å². The van der Waals surface area contributed by atoms with Gasteiger partial charge in [-0.05, 0) is 32.0 Å². The van der Waals surface area contributed by atoms with E-state index in [4.69, 9.17) is 15.2 Å². The van der Waals surface area contributed by atoms with Crippen molar-refractivity contribution in [2.24, 2.45) is 5.73 Å². The number of nitrogens with zero attached hydrogens (tertiary/aromatic N) is 1. The zero-order chi connectivity index (χ0) is 14.5. The van der Waals surface area contributed by atoms with E-state index in [1.165, 1.54) is 13.2 Å². The van der Waals surface area contributed by atoms with Gasteiger partial charge in [0.25, 0.3) is 0 Å². The molecule has 1 aromatic carbocycles. The van der Waals surface area contributed by atoms with E-state index in [1.54, 1.807) is 12.1 Å². The highest BCUT2D eigenvalue weighted by molar-refractivity contribution is 5.37. The smallest absolute Gasteiger partial charge is 0.131 e. The first-order chi connectivity index (χ1) is 9.63. The van der Waals surface area contributed by atoms with Crippen LogP contribution < -0.4 is 10.5 Å². The second-order valence-electron chi connectivity index (χ2n) is 5.25. The van der Waals surface area contributed by atoms with Crippen molar-refractivity contribution in [3.05, 3.63) is 29.6 Å². The van der Waals surface area contributed by atoms with E-state index in [-0.39, 0.29) is 11.9 Å². The van der Waals surface area contributed by atoms with Crippen LogP contribution in [0, 0.1) is 5.82 Å². The third kappa shape index (κ3) is 3.48. The van der Waals surface area contributed by atoms with E-state index in [2.05, 4.69) is 11.9 Å². The van der Waals surface area contributed by atoms with Gasteiger partial charge >= 0.3 is 0 Å². The molecule has 20 heavy (non-hydrogen) atoms. The van der Waals surface area contributed by atoms with Gasteiger partial charge in [0.1, 0.15) is 11.6 Å². The molecule has 0 aliphatic carbocycles. The number of benzene rings is 1. The molecule has 0 spiro atoms. The van der Waals surface area contributed by atoms with Gasteiger partial charge in [0, 0.05) is 30.8 Å². The lowest BCUT2D eigenvalue weighted by Gasteiger charge is -2.25. The van der Waals surface area contributed by atoms with Crippen molar-refractivity contribution in [2.45, 2.75) is 24.9 Å². The van der Waals surface area contributed by atoms with E-state index >= 15 is 0 Å². The van der Waals surface area contributed by atoms with Gasteiger partial charge in [0.2, 0.25) is 0 Å². The number of hydrogen-bond donors (Lipinski definition) is 1. The molecule has 1 aliphatic heterocycles. The zero-order valence-electron chi connectivity index (χ0n) is 12.1. The Morgan fingerprint density at radius 2 is 2.35 bits per heavy atom. The lowest BCUT2D eigenvalue weighted by molar-refractivity contribution is 0.157. The van der Waals surface area contributed by atoms with Crippen LogP contribution in [0.5, 0.6) is 5.75 Å². The molecule has 2 rings (SSSR count). The molecule has 0 aromatic heterocycles. The molecular formula is C15H23FN2O2. The highest BCUT2D eigenvalue weighted by Crippen LogP contribution is 2.28. The molecule has 2 unspecified atom stereocenters. The van der Waals surface area contributed by atoms with Crippen LogP contribution in [-0.4, -0.2) is 44.9 Å². The number of likely N-dealkylation sites (N-methyl/N-ethyl adjacent to an activating group) is 1. The fraction of sp³-hybridized carbons (Fsp3) is 0.600. The first-order valence-electron chi connectivity index (χ1n) is 6.99. The molecule has 0 bridgehead atoms. The highest BCUT2D eigenvalue weighted by Gasteiger charge is 2.22. The molecule has 2 N–H and O–H groups in total. The number of hydrogen-bond acceptors (Lipinski definition) is 4. The summed E-state index contributed by atoms with van der Waals surface area (Å²) >= 11 is 0. The molecule has 0 saturated carbocycles. The minimum Gasteiger partial charge on any atom is -0.496 e. The normalized spacial score (nSPS) is 20.4. The summed E-state index contributed by atoms with van der Waals surface area (Å²) in [5, 5.41) is 0. The zero-order valence-corrected chi connectivity index (χ0v) is 12.1. The second kappa shape index (κ2) is 7.02. The van der Waals surface area contributed by atoms with Crippen LogP contribution in [0.1, 0.15) is 24.4 Å². The van der Waals surface area contributed by atoms with Gasteiger partial charge in [-0.1, -0.05) is 6.07 Å². The van der Waals surface area contributed by atoms with Gasteiger partial charge in [-0.15, -0.1) is 0 Å². The molecule has 1 saturated heterocycles. The lowest BCUT2D eigenvalue weighted by Crippen LogP contribution is -2.34. The van der Waals surface area contributed by atoms with Crippen LogP contribution in [0.4, 0.5) is 4.39 Å². The maximum absolute atomic E-state index is 13.9. The maximum atomic E-state index is 13.9. The van der Waals surface area contributed by atoms with Gasteiger partial charge in [0.15, 0.2) is 0 Å². The summed E-state index contributed by atoms with van der Waals surface area (Å²) < 4.78 is 24.5. The Balaban J connectivity index is 1.96. The van der Waals surface area contributed by atoms with Crippen LogP contribution >= 0.6 is 0 Å². The summed E-state index contributed by atoms with van der Waals surface area (Å²) in [6, 6.07) is 4.88. The van der Waals surface area contributed by atoms with E-state index in [0.717, 1.165) is 26.2 Å². The Morgan fingerprint density at radius 1 is 1.55 bits per heavy atom. The van der Waals surface area contributed by atoms with Crippen molar-refractivity contribution in [3.8, 4) is 5.75 Å². The second-order valence-corrected chi connectivity index (χ2v) is 5.25. The third-order valence-electron chi connectivity index (χ3n) is 3.93. The van der Waals surface area contributed by atoms with Crippen molar-refractivity contribution in [1.29, 1.82) is 0 Å². The van der Waals surface area contributed by atoms with Gasteiger partial charge in [-0.3, -0.25) is 0 Å². The standard InChI is InChI=1S/C15H23FN2O2/c1-18(11-7-9-20-10-11)8-6-13(17)15-12(16)4-3-5-14(15)19-2/h3-5,11,13H,6-10,17H2,1-2H3. The average molecular weight is 282 g/mol. The lowest BCUT2D eigenvalue weighted by atomic mass is 10.0. The van der Waals surface area contributed by atoms with Crippen LogP contribution in [-0.2, 0) is 4.74 Å². The van der Waals surface area contributed by atoms with Crippen LogP contribution in [0.3, 0.4) is 0 Å². The summed E-state index contributed by atoms with van der Waals surface area (Å²) in [7, 11) is 3.59. The molecule has 0 amide bonds. The number of rotatable bonds is 6. The molecular weight excluding hydrogens is 259 g/mol. The first-order valence-corrected chi connectivity index (χ1v) is 6.99. The average Bonchev–Trinajstić information content (AvgIpc) is 2.98. The summed E-state index contributed by atoms with van der Waals surface area (Å²) in [4.78, 5) is 2.24. The Morgan fingerprint density at radius 3 is 3.00 bits per heavy atom. The summed E-state index contributed by atoms with van der Waals surface area (Å²) in [5.74, 6) is 0.216. The highest BCUT2D eigenvalue weighted by atomic mass is 19.1. The quantitative estimate of drug-likeness (QED) is 0.866. The molecule has 1 aromatic rings. The monoisotopic (exact) mass is 282 g/mol. The van der Waals surface area contributed by atoms with Gasteiger partial charge in [0.05, 0.1) is 13.7 Å².